The van der Waals surface area contributed by atoms with Crippen molar-refractivity contribution in [2.75, 3.05) is 6.67 Å². The summed E-state index contributed by atoms with van der Waals surface area (Å²) in [7, 11) is 0. The highest BCUT2D eigenvalue weighted by Gasteiger charge is 2.34. The third-order valence-corrected chi connectivity index (χ3v) is 6.53. The quantitative estimate of drug-likeness (QED) is 0.108. The van der Waals surface area contributed by atoms with E-state index in [1.165, 1.54) is 0 Å². The van der Waals surface area contributed by atoms with Crippen LogP contribution in [0.3, 0.4) is 0 Å². The van der Waals surface area contributed by atoms with Gasteiger partial charge < -0.3 is 41.3 Å². The van der Waals surface area contributed by atoms with Gasteiger partial charge in [0.05, 0.1) is 12.5 Å². The van der Waals surface area contributed by atoms with Crippen molar-refractivity contribution in [3.63, 3.8) is 0 Å². The van der Waals surface area contributed by atoms with Crippen LogP contribution in [0.15, 0.2) is 30.3 Å². The van der Waals surface area contributed by atoms with E-state index < -0.39 is 104 Å². The smallest absolute Gasteiger partial charge is 0.408 e. The lowest BCUT2D eigenvalue weighted by Crippen LogP contribution is -2.59. The van der Waals surface area contributed by atoms with Gasteiger partial charge in [-0.05, 0) is 24.8 Å². The lowest BCUT2D eigenvalue weighted by Gasteiger charge is -2.27. The van der Waals surface area contributed by atoms with E-state index >= 15 is 0 Å². The molecule has 244 valence electrons. The number of ether oxygens (including phenoxy) is 1. The predicted molar refractivity (Wildman–Crippen MR) is 151 cm³/mol. The molecule has 0 aromatic heterocycles. The lowest BCUT2D eigenvalue weighted by molar-refractivity contribution is -0.141. The summed E-state index contributed by atoms with van der Waals surface area (Å²) in [6.07, 6.45) is -4.23. The van der Waals surface area contributed by atoms with Gasteiger partial charge in [0.15, 0.2) is 5.78 Å². The van der Waals surface area contributed by atoms with Gasteiger partial charge >= 0.3 is 18.0 Å². The fraction of sp³-hybridized carbons (Fsp3) is 0.536. The second-order valence-electron chi connectivity index (χ2n) is 10.0. The highest BCUT2D eigenvalue weighted by atomic mass is 19.1. The Morgan fingerprint density at radius 1 is 0.818 bits per heavy atom. The second kappa shape index (κ2) is 18.8. The first-order valence-electron chi connectivity index (χ1n) is 13.8. The van der Waals surface area contributed by atoms with Crippen LogP contribution in [0.1, 0.15) is 52.0 Å². The van der Waals surface area contributed by atoms with Gasteiger partial charge in [-0.25, -0.2) is 9.18 Å². The zero-order valence-corrected chi connectivity index (χ0v) is 24.6. The number of alkyl carbamates (subject to hydrolysis) is 1. The Kier molecular flexibility index (Phi) is 16.0. The number of aliphatic hydroxyl groups excluding tert-OH is 1. The average Bonchev–Trinajstić information content (AvgIpc) is 2.98. The SMILES string of the molecule is CC[C@H](C)[C@H](NC(=O)OCc1ccccc1)C(=O)N[C@@H](CCC(=O)O)C(=O)N[C@@H](CC(=O)O)C(=O)N[C@H](C(=O)CF)[C@@H](C)O. The molecule has 15 nitrogen and oxygen atoms in total. The van der Waals surface area contributed by atoms with E-state index in [1.807, 2.05) is 5.32 Å². The van der Waals surface area contributed by atoms with Gasteiger partial charge in [0.2, 0.25) is 17.7 Å². The van der Waals surface area contributed by atoms with Crippen LogP contribution in [-0.4, -0.2) is 93.8 Å². The Balaban J connectivity index is 3.12. The number of carbonyl (C=O) groups is 7. The number of nitrogens with one attached hydrogen (secondary N) is 4. The number of carboxylic acid groups (broad SMARTS) is 2. The summed E-state index contributed by atoms with van der Waals surface area (Å²) < 4.78 is 18.1. The number of ketones is 1. The topological polar surface area (TPSA) is 238 Å². The first kappa shape index (κ1) is 37.4. The van der Waals surface area contributed by atoms with Crippen molar-refractivity contribution in [3.8, 4) is 0 Å². The van der Waals surface area contributed by atoms with Crippen LogP contribution >= 0.6 is 0 Å². The van der Waals surface area contributed by atoms with Gasteiger partial charge in [0.25, 0.3) is 0 Å². The maximum absolute atomic E-state index is 13.3. The van der Waals surface area contributed by atoms with Gasteiger partial charge in [-0.3, -0.25) is 28.8 Å². The maximum Gasteiger partial charge on any atom is 0.408 e. The molecule has 0 aliphatic heterocycles. The molecule has 6 atom stereocenters. The number of halogens is 1. The minimum absolute atomic E-state index is 0.0922. The van der Waals surface area contributed by atoms with Gasteiger partial charge in [0, 0.05) is 6.42 Å². The van der Waals surface area contributed by atoms with Crippen LogP contribution in [0.25, 0.3) is 0 Å². The van der Waals surface area contributed by atoms with E-state index in [0.717, 1.165) is 6.92 Å². The summed E-state index contributed by atoms with van der Waals surface area (Å²) in [6.45, 7) is 2.82. The molecular weight excluding hydrogens is 587 g/mol. The van der Waals surface area contributed by atoms with Crippen molar-refractivity contribution in [2.45, 2.75) is 83.3 Å². The Labute approximate surface area is 252 Å². The summed E-state index contributed by atoms with van der Waals surface area (Å²) in [5, 5.41) is 37.0. The lowest BCUT2D eigenvalue weighted by atomic mass is 9.97. The number of hydrogen-bond acceptors (Lipinski definition) is 9. The van der Waals surface area contributed by atoms with Crippen LogP contribution < -0.4 is 21.3 Å². The normalized spacial score (nSPS) is 14.8. The Bertz CT molecular complexity index is 1170. The number of Topliss-reactive ketones (excluding diaryl/α,β-unsaturated/α-hetero) is 1. The molecule has 0 aliphatic carbocycles. The van der Waals surface area contributed by atoms with E-state index in [9.17, 15) is 48.2 Å². The summed E-state index contributed by atoms with van der Waals surface area (Å²) in [5.41, 5.74) is 0.686. The molecular formula is C28H39FN4O11. The molecule has 0 heterocycles. The highest BCUT2D eigenvalue weighted by molar-refractivity contribution is 5.97. The predicted octanol–water partition coefficient (Wildman–Crippen LogP) is 0.0408. The molecule has 0 unspecified atom stereocenters. The number of rotatable bonds is 19. The van der Waals surface area contributed by atoms with E-state index in [-0.39, 0.29) is 6.61 Å². The fourth-order valence-electron chi connectivity index (χ4n) is 3.86. The number of amides is 4. The molecule has 1 aromatic rings. The van der Waals surface area contributed by atoms with E-state index in [2.05, 4.69) is 16.0 Å². The Morgan fingerprint density at radius 3 is 1.93 bits per heavy atom. The molecule has 0 aliphatic rings. The summed E-state index contributed by atoms with van der Waals surface area (Å²) in [4.78, 5) is 86.1. The number of hydrogen-bond donors (Lipinski definition) is 7. The molecule has 0 radical (unpaired) electrons. The number of aliphatic hydroxyl groups is 1. The number of carbonyl (C=O) groups excluding carboxylic acids is 5. The molecule has 1 aromatic carbocycles. The van der Waals surface area contributed by atoms with Crippen LogP contribution in [0, 0.1) is 5.92 Å². The molecule has 0 bridgehead atoms. The number of aliphatic carboxylic acids is 2. The van der Waals surface area contributed by atoms with Crippen LogP contribution in [-0.2, 0) is 40.1 Å². The first-order chi connectivity index (χ1) is 20.7. The fourth-order valence-corrected chi connectivity index (χ4v) is 3.86. The molecule has 7 N–H and O–H groups in total. The van der Waals surface area contributed by atoms with E-state index in [4.69, 9.17) is 9.84 Å². The summed E-state index contributed by atoms with van der Waals surface area (Å²) in [5.74, 6) is -7.87. The van der Waals surface area contributed by atoms with E-state index in [0.29, 0.717) is 12.0 Å². The third kappa shape index (κ3) is 13.1. The average molecular weight is 627 g/mol. The number of alkyl halides is 1. The zero-order valence-electron chi connectivity index (χ0n) is 24.6. The molecule has 16 heteroatoms. The van der Waals surface area contributed by atoms with Gasteiger partial charge in [-0.15, -0.1) is 0 Å². The largest absolute Gasteiger partial charge is 0.481 e. The molecule has 0 spiro atoms. The maximum atomic E-state index is 13.3. The van der Waals surface area contributed by atoms with Gasteiger partial charge in [-0.2, -0.15) is 0 Å². The Hall–Kier alpha value is -4.60. The monoisotopic (exact) mass is 626 g/mol. The van der Waals surface area contributed by atoms with Crippen LogP contribution in [0.4, 0.5) is 9.18 Å². The van der Waals surface area contributed by atoms with Crippen molar-refractivity contribution < 1.29 is 58.0 Å². The second-order valence-corrected chi connectivity index (χ2v) is 10.0. The highest BCUT2D eigenvalue weighted by Crippen LogP contribution is 2.11. The molecule has 0 saturated heterocycles. The first-order valence-corrected chi connectivity index (χ1v) is 13.8. The van der Waals surface area contributed by atoms with Crippen molar-refractivity contribution in [1.29, 1.82) is 0 Å². The van der Waals surface area contributed by atoms with Gasteiger partial charge in [-0.1, -0.05) is 50.6 Å². The summed E-state index contributed by atoms with van der Waals surface area (Å²) >= 11 is 0. The van der Waals surface area contributed by atoms with Crippen LogP contribution in [0.5, 0.6) is 0 Å². The number of carboxylic acids is 2. The molecule has 44 heavy (non-hydrogen) atoms. The summed E-state index contributed by atoms with van der Waals surface area (Å²) in [6, 6.07) is 2.25. The van der Waals surface area contributed by atoms with Crippen LogP contribution in [0.2, 0.25) is 0 Å². The molecule has 0 fully saturated rings. The van der Waals surface area contributed by atoms with Crippen molar-refractivity contribution in [1.82, 2.24) is 21.3 Å². The van der Waals surface area contributed by atoms with E-state index in [1.54, 1.807) is 44.2 Å². The van der Waals surface area contributed by atoms with Crippen molar-refractivity contribution in [2.24, 2.45) is 5.92 Å². The third-order valence-electron chi connectivity index (χ3n) is 6.53. The molecule has 1 rings (SSSR count). The number of benzene rings is 1. The standard InChI is InChI=1S/C28H39FN4O11/c1-4-15(2)23(33-28(43)44-14-17-8-6-5-7-9-17)27(42)30-18(10-11-21(36)37)25(40)31-19(12-22(38)39)26(41)32-24(16(3)34)20(35)13-29/h5-9,15-16,18-19,23-24,34H,4,10-14H2,1-3H3,(H,30,42)(H,31,40)(H,32,41)(H,33,43)(H,36,37)(H,38,39)/t15-,16+,18-,19-,23-,24-/m0/s1. The Morgan fingerprint density at radius 2 is 1.41 bits per heavy atom. The van der Waals surface area contributed by atoms with Crippen molar-refractivity contribution >= 4 is 41.5 Å². The molecule has 0 saturated carbocycles. The van der Waals surface area contributed by atoms with Crippen molar-refractivity contribution in [3.05, 3.63) is 35.9 Å². The zero-order chi connectivity index (χ0) is 33.4. The minimum atomic E-state index is -1.87. The van der Waals surface area contributed by atoms with Gasteiger partial charge in [0.1, 0.15) is 37.4 Å². The molecule has 4 amide bonds. The minimum Gasteiger partial charge on any atom is -0.481 e.